The van der Waals surface area contributed by atoms with Crippen LogP contribution in [0.4, 0.5) is 14.3 Å². The smallest absolute Gasteiger partial charge is 0.316 e. The molecule has 1 heterocycles. The van der Waals surface area contributed by atoms with Crippen LogP contribution in [0.15, 0.2) is 60.0 Å². The Balaban J connectivity index is 1.90. The molecule has 0 saturated carbocycles. The quantitative estimate of drug-likeness (QED) is 0.727. The van der Waals surface area contributed by atoms with Crippen molar-refractivity contribution in [3.8, 4) is 0 Å². The van der Waals surface area contributed by atoms with Gasteiger partial charge in [0, 0.05) is 12.4 Å². The summed E-state index contributed by atoms with van der Waals surface area (Å²) >= 11 is 1.38. The lowest BCUT2D eigenvalue weighted by Gasteiger charge is -2.29. The first-order valence-electron chi connectivity index (χ1n) is 7.81. The van der Waals surface area contributed by atoms with Crippen molar-refractivity contribution in [3.05, 3.63) is 82.6 Å². The number of halogens is 1. The summed E-state index contributed by atoms with van der Waals surface area (Å²) in [5, 5.41) is 5.25. The number of thiazole rings is 1. The number of rotatable bonds is 4. The first kappa shape index (κ1) is 17.1. The lowest BCUT2D eigenvalue weighted by atomic mass is 9.97. The molecule has 0 aliphatic rings. The summed E-state index contributed by atoms with van der Waals surface area (Å²) in [5.41, 5.74) is 2.64. The molecular formula is C19H18FN3OS. The van der Waals surface area contributed by atoms with Gasteiger partial charge in [0.1, 0.15) is 5.82 Å². The van der Waals surface area contributed by atoms with Crippen molar-refractivity contribution in [1.82, 2.24) is 9.88 Å². The third-order valence-corrected chi connectivity index (χ3v) is 4.72. The second kappa shape index (κ2) is 7.44. The number of hydrogen-bond donors (Lipinski definition) is 1. The van der Waals surface area contributed by atoms with Crippen LogP contribution in [0.25, 0.3) is 0 Å². The predicted molar refractivity (Wildman–Crippen MR) is 98.3 cm³/mol. The molecule has 0 radical (unpaired) electrons. The SMILES string of the molecule is Cc1csc(NC(=O)N(C)C(c2ccccc2)c2ccc(F)cc2)n1. The van der Waals surface area contributed by atoms with E-state index in [1.54, 1.807) is 24.1 Å². The van der Waals surface area contributed by atoms with E-state index in [1.807, 2.05) is 42.6 Å². The Bertz CT molecular complexity index is 849. The van der Waals surface area contributed by atoms with Crippen LogP contribution in [-0.2, 0) is 0 Å². The minimum Gasteiger partial charge on any atom is -0.316 e. The molecule has 1 N–H and O–H groups in total. The molecule has 6 heteroatoms. The number of nitrogens with zero attached hydrogens (tertiary/aromatic N) is 2. The van der Waals surface area contributed by atoms with E-state index in [2.05, 4.69) is 10.3 Å². The fraction of sp³-hybridized carbons (Fsp3) is 0.158. The average molecular weight is 355 g/mol. The van der Waals surface area contributed by atoms with E-state index in [-0.39, 0.29) is 17.9 Å². The van der Waals surface area contributed by atoms with Gasteiger partial charge in [-0.15, -0.1) is 11.3 Å². The first-order chi connectivity index (χ1) is 12.0. The summed E-state index contributed by atoms with van der Waals surface area (Å²) in [4.78, 5) is 18.5. The Labute approximate surface area is 150 Å². The largest absolute Gasteiger partial charge is 0.324 e. The third-order valence-electron chi connectivity index (χ3n) is 3.84. The molecule has 0 saturated heterocycles. The highest BCUT2D eigenvalue weighted by atomic mass is 32.1. The number of benzene rings is 2. The summed E-state index contributed by atoms with van der Waals surface area (Å²) < 4.78 is 13.3. The van der Waals surface area contributed by atoms with Gasteiger partial charge < -0.3 is 4.90 Å². The minimum atomic E-state index is -0.331. The van der Waals surface area contributed by atoms with Crippen molar-refractivity contribution in [3.63, 3.8) is 0 Å². The van der Waals surface area contributed by atoms with Gasteiger partial charge in [0.25, 0.3) is 0 Å². The lowest BCUT2D eigenvalue weighted by Crippen LogP contribution is -2.35. The molecule has 0 aliphatic heterocycles. The molecule has 25 heavy (non-hydrogen) atoms. The van der Waals surface area contributed by atoms with Gasteiger partial charge in [-0.05, 0) is 30.2 Å². The highest BCUT2D eigenvalue weighted by molar-refractivity contribution is 7.13. The van der Waals surface area contributed by atoms with E-state index in [4.69, 9.17) is 0 Å². The monoisotopic (exact) mass is 355 g/mol. The summed E-state index contributed by atoms with van der Waals surface area (Å²) in [6, 6.07) is 15.3. The van der Waals surface area contributed by atoms with Crippen LogP contribution < -0.4 is 5.32 Å². The van der Waals surface area contributed by atoms with Crippen LogP contribution in [0.3, 0.4) is 0 Å². The van der Waals surface area contributed by atoms with Crippen molar-refractivity contribution in [2.24, 2.45) is 0 Å². The topological polar surface area (TPSA) is 45.2 Å². The fourth-order valence-corrected chi connectivity index (χ4v) is 3.31. The maximum absolute atomic E-state index is 13.3. The van der Waals surface area contributed by atoms with E-state index < -0.39 is 0 Å². The van der Waals surface area contributed by atoms with E-state index in [9.17, 15) is 9.18 Å². The van der Waals surface area contributed by atoms with Crippen LogP contribution in [0.1, 0.15) is 22.9 Å². The Morgan fingerprint density at radius 1 is 1.12 bits per heavy atom. The van der Waals surface area contributed by atoms with E-state index in [1.165, 1.54) is 23.5 Å². The van der Waals surface area contributed by atoms with Gasteiger partial charge in [-0.2, -0.15) is 0 Å². The van der Waals surface area contributed by atoms with Crippen molar-refractivity contribution in [2.75, 3.05) is 12.4 Å². The predicted octanol–water partition coefficient (Wildman–Crippen LogP) is 4.84. The van der Waals surface area contributed by atoms with Gasteiger partial charge in [0.05, 0.1) is 11.7 Å². The highest BCUT2D eigenvalue weighted by Crippen LogP contribution is 2.28. The lowest BCUT2D eigenvalue weighted by molar-refractivity contribution is 0.212. The van der Waals surface area contributed by atoms with E-state index in [0.29, 0.717) is 5.13 Å². The van der Waals surface area contributed by atoms with Crippen molar-refractivity contribution < 1.29 is 9.18 Å². The maximum Gasteiger partial charge on any atom is 0.324 e. The molecule has 0 spiro atoms. The normalized spacial score (nSPS) is 11.8. The number of urea groups is 1. The molecule has 128 valence electrons. The molecule has 3 rings (SSSR count). The highest BCUT2D eigenvalue weighted by Gasteiger charge is 2.24. The molecule has 2 amide bonds. The molecule has 0 bridgehead atoms. The number of anilines is 1. The number of amides is 2. The second-order valence-electron chi connectivity index (χ2n) is 5.70. The second-order valence-corrected chi connectivity index (χ2v) is 6.56. The number of carbonyl (C=O) groups excluding carboxylic acids is 1. The summed E-state index contributed by atoms with van der Waals surface area (Å²) in [5.74, 6) is -0.305. The number of aromatic nitrogens is 1. The van der Waals surface area contributed by atoms with Crippen LogP contribution in [-0.4, -0.2) is 23.0 Å². The molecule has 1 unspecified atom stereocenters. The van der Waals surface area contributed by atoms with Crippen molar-refractivity contribution in [2.45, 2.75) is 13.0 Å². The molecule has 1 atom stereocenters. The van der Waals surface area contributed by atoms with Gasteiger partial charge in [-0.3, -0.25) is 5.32 Å². The summed E-state index contributed by atoms with van der Waals surface area (Å²) in [7, 11) is 1.72. The zero-order chi connectivity index (χ0) is 17.8. The maximum atomic E-state index is 13.3. The molecule has 1 aromatic heterocycles. The first-order valence-corrected chi connectivity index (χ1v) is 8.69. The van der Waals surface area contributed by atoms with Crippen LogP contribution in [0, 0.1) is 12.7 Å². The Morgan fingerprint density at radius 3 is 2.36 bits per heavy atom. The molecular weight excluding hydrogens is 337 g/mol. The Morgan fingerprint density at radius 2 is 1.76 bits per heavy atom. The average Bonchev–Trinajstić information content (AvgIpc) is 3.02. The van der Waals surface area contributed by atoms with Crippen LogP contribution in [0.5, 0.6) is 0 Å². The van der Waals surface area contributed by atoms with E-state index >= 15 is 0 Å². The summed E-state index contributed by atoms with van der Waals surface area (Å²) in [6.07, 6.45) is 0. The molecule has 0 fully saturated rings. The Kier molecular flexibility index (Phi) is 5.09. The molecule has 3 aromatic rings. The van der Waals surface area contributed by atoms with E-state index in [0.717, 1.165) is 16.8 Å². The Hall–Kier alpha value is -2.73. The van der Waals surface area contributed by atoms with Crippen molar-refractivity contribution in [1.29, 1.82) is 0 Å². The zero-order valence-electron chi connectivity index (χ0n) is 13.9. The minimum absolute atomic E-state index is 0.271. The number of aryl methyl sites for hydroxylation is 1. The van der Waals surface area contributed by atoms with Gasteiger partial charge in [-0.1, -0.05) is 42.5 Å². The van der Waals surface area contributed by atoms with Gasteiger partial charge in [-0.25, -0.2) is 14.2 Å². The fourth-order valence-electron chi connectivity index (χ4n) is 2.63. The number of hydrogen-bond acceptors (Lipinski definition) is 3. The van der Waals surface area contributed by atoms with Crippen molar-refractivity contribution >= 4 is 22.5 Å². The van der Waals surface area contributed by atoms with Crippen LogP contribution >= 0.6 is 11.3 Å². The zero-order valence-corrected chi connectivity index (χ0v) is 14.8. The standard InChI is InChI=1S/C19H18FN3OS/c1-13-12-25-18(21-13)22-19(24)23(2)17(14-6-4-3-5-7-14)15-8-10-16(20)11-9-15/h3-12,17H,1-2H3,(H,21,22,24). The summed E-state index contributed by atoms with van der Waals surface area (Å²) in [6.45, 7) is 1.88. The number of carbonyl (C=O) groups is 1. The van der Waals surface area contributed by atoms with Gasteiger partial charge >= 0.3 is 6.03 Å². The molecule has 2 aromatic carbocycles. The van der Waals surface area contributed by atoms with Gasteiger partial charge in [0.15, 0.2) is 5.13 Å². The van der Waals surface area contributed by atoms with Gasteiger partial charge in [0.2, 0.25) is 0 Å². The third kappa shape index (κ3) is 4.03. The van der Waals surface area contributed by atoms with Crippen LogP contribution in [0.2, 0.25) is 0 Å². The molecule has 0 aliphatic carbocycles. The number of nitrogens with one attached hydrogen (secondary N) is 1. The molecule has 4 nitrogen and oxygen atoms in total.